The Bertz CT molecular complexity index is 839. The molecule has 1 amide bonds. The molecule has 21 heavy (non-hydrogen) atoms. The van der Waals surface area contributed by atoms with Gasteiger partial charge in [-0.05, 0) is 35.9 Å². The van der Waals surface area contributed by atoms with Gasteiger partial charge >= 0.3 is 0 Å². The summed E-state index contributed by atoms with van der Waals surface area (Å²) in [6.07, 6.45) is 1.77. The Kier molecular flexibility index (Phi) is 2.60. The first-order valence-electron chi connectivity index (χ1n) is 6.83. The van der Waals surface area contributed by atoms with Crippen molar-refractivity contribution in [1.82, 2.24) is 9.99 Å². The molecule has 0 saturated carbocycles. The van der Waals surface area contributed by atoms with Gasteiger partial charge in [-0.2, -0.15) is 0 Å². The largest absolute Gasteiger partial charge is 0.295 e. The molecule has 1 aromatic heterocycles. The van der Waals surface area contributed by atoms with E-state index in [1.54, 1.807) is 11.2 Å². The maximum Gasteiger partial charge on any atom is 0.272 e. The van der Waals surface area contributed by atoms with E-state index < -0.39 is 0 Å². The van der Waals surface area contributed by atoms with Crippen LogP contribution in [0.2, 0.25) is 0 Å². The van der Waals surface area contributed by atoms with E-state index in [9.17, 15) is 4.79 Å². The molecule has 1 N–H and O–H groups in total. The molecule has 4 rings (SSSR count). The number of carbonyl (C=O) groups is 1. The molecule has 0 bridgehead atoms. The van der Waals surface area contributed by atoms with Crippen LogP contribution in [0.4, 0.5) is 5.69 Å². The van der Waals surface area contributed by atoms with Crippen molar-refractivity contribution in [3.8, 4) is 0 Å². The van der Waals surface area contributed by atoms with Crippen molar-refractivity contribution in [2.24, 2.45) is 0 Å². The summed E-state index contributed by atoms with van der Waals surface area (Å²) in [5.41, 5.74) is 6.84. The number of hydrazine groups is 1. The molecule has 1 aliphatic heterocycles. The molecule has 2 heterocycles. The molecular weight excluding hydrogens is 262 g/mol. The molecule has 102 valence electrons. The molecule has 0 saturated heterocycles. The maximum atomic E-state index is 12.4. The summed E-state index contributed by atoms with van der Waals surface area (Å²) in [5.74, 6) is 0.00601. The molecule has 1 aliphatic rings. The summed E-state index contributed by atoms with van der Waals surface area (Å²) >= 11 is 0. The second kappa shape index (κ2) is 4.59. The molecular formula is C17H13N3O. The van der Waals surface area contributed by atoms with E-state index in [1.807, 2.05) is 54.6 Å². The Hall–Kier alpha value is -2.88. The third-order valence-electron chi connectivity index (χ3n) is 3.72. The van der Waals surface area contributed by atoms with Crippen molar-refractivity contribution in [1.29, 1.82) is 0 Å². The Morgan fingerprint density at radius 2 is 1.90 bits per heavy atom. The van der Waals surface area contributed by atoms with Gasteiger partial charge in [0.25, 0.3) is 5.91 Å². The second-order valence-electron chi connectivity index (χ2n) is 5.04. The maximum absolute atomic E-state index is 12.4. The number of fused-ring (bicyclic) bond motifs is 2. The Morgan fingerprint density at radius 1 is 1.00 bits per heavy atom. The number of hydrogen-bond acceptors (Lipinski definition) is 3. The van der Waals surface area contributed by atoms with Crippen LogP contribution in [0.1, 0.15) is 15.9 Å². The number of benzene rings is 2. The van der Waals surface area contributed by atoms with Crippen LogP contribution in [0.3, 0.4) is 0 Å². The van der Waals surface area contributed by atoms with Gasteiger partial charge in [-0.3, -0.25) is 15.2 Å². The number of nitrogens with zero attached hydrogens (tertiary/aromatic N) is 2. The van der Waals surface area contributed by atoms with Gasteiger partial charge in [-0.25, -0.2) is 5.01 Å². The van der Waals surface area contributed by atoms with Crippen molar-refractivity contribution in [3.63, 3.8) is 0 Å². The van der Waals surface area contributed by atoms with Gasteiger partial charge < -0.3 is 0 Å². The van der Waals surface area contributed by atoms with Gasteiger partial charge in [-0.15, -0.1) is 0 Å². The highest BCUT2D eigenvalue weighted by Gasteiger charge is 2.27. The molecule has 4 heteroatoms. The lowest BCUT2D eigenvalue weighted by Crippen LogP contribution is -2.30. The van der Waals surface area contributed by atoms with Gasteiger partial charge in [0.15, 0.2) is 0 Å². The third kappa shape index (κ3) is 1.92. The molecule has 0 spiro atoms. The number of amides is 1. The summed E-state index contributed by atoms with van der Waals surface area (Å²) in [4.78, 5) is 16.7. The fraction of sp³-hybridized carbons (Fsp3) is 0.0588. The van der Waals surface area contributed by atoms with Gasteiger partial charge in [-0.1, -0.05) is 24.3 Å². The molecule has 0 radical (unpaired) electrons. The van der Waals surface area contributed by atoms with Crippen LogP contribution in [-0.2, 0) is 6.54 Å². The molecule has 0 aliphatic carbocycles. The number of anilines is 1. The number of carbonyl (C=O) groups excluding carboxylic acids is 1. The fourth-order valence-electron chi connectivity index (χ4n) is 2.69. The monoisotopic (exact) mass is 275 g/mol. The zero-order valence-electron chi connectivity index (χ0n) is 11.3. The quantitative estimate of drug-likeness (QED) is 0.781. The lowest BCUT2D eigenvalue weighted by molar-refractivity contribution is 0.0815. The number of hydrogen-bond donors (Lipinski definition) is 1. The van der Waals surface area contributed by atoms with Crippen LogP contribution in [0.25, 0.3) is 10.9 Å². The average Bonchev–Trinajstić information content (AvgIpc) is 2.85. The van der Waals surface area contributed by atoms with E-state index in [2.05, 4.69) is 10.4 Å². The lowest BCUT2D eigenvalue weighted by atomic mass is 10.1. The second-order valence-corrected chi connectivity index (χ2v) is 5.04. The zero-order chi connectivity index (χ0) is 14.2. The van der Waals surface area contributed by atoms with Crippen molar-refractivity contribution < 1.29 is 4.79 Å². The van der Waals surface area contributed by atoms with Crippen LogP contribution in [-0.4, -0.2) is 15.9 Å². The van der Waals surface area contributed by atoms with Gasteiger partial charge in [0, 0.05) is 17.1 Å². The SMILES string of the molecule is O=C1c2ccccc2CN1Nc1cccc2ncccc12. The number of nitrogens with one attached hydrogen (secondary N) is 1. The molecule has 0 unspecified atom stereocenters. The molecule has 0 atom stereocenters. The van der Waals surface area contributed by atoms with Crippen molar-refractivity contribution in [3.05, 3.63) is 71.9 Å². The summed E-state index contributed by atoms with van der Waals surface area (Å²) in [5, 5.41) is 2.65. The topological polar surface area (TPSA) is 45.2 Å². The highest BCUT2D eigenvalue weighted by Crippen LogP contribution is 2.26. The first kappa shape index (κ1) is 11.9. The predicted molar refractivity (Wildman–Crippen MR) is 81.7 cm³/mol. The summed E-state index contributed by atoms with van der Waals surface area (Å²) in [6.45, 7) is 0.575. The fourth-order valence-corrected chi connectivity index (χ4v) is 2.69. The van der Waals surface area contributed by atoms with E-state index >= 15 is 0 Å². The summed E-state index contributed by atoms with van der Waals surface area (Å²) < 4.78 is 0. The third-order valence-corrected chi connectivity index (χ3v) is 3.72. The van der Waals surface area contributed by atoms with Crippen LogP contribution in [0.5, 0.6) is 0 Å². The van der Waals surface area contributed by atoms with Crippen LogP contribution in [0, 0.1) is 0 Å². The summed E-state index contributed by atoms with van der Waals surface area (Å²) in [6, 6.07) is 17.4. The summed E-state index contributed by atoms with van der Waals surface area (Å²) in [7, 11) is 0. The average molecular weight is 275 g/mol. The van der Waals surface area contributed by atoms with E-state index in [0.717, 1.165) is 27.7 Å². The van der Waals surface area contributed by atoms with E-state index in [4.69, 9.17) is 0 Å². The number of aromatic nitrogens is 1. The minimum atomic E-state index is 0.00601. The van der Waals surface area contributed by atoms with Crippen LogP contribution >= 0.6 is 0 Å². The van der Waals surface area contributed by atoms with Crippen molar-refractivity contribution in [2.45, 2.75) is 6.54 Å². The first-order valence-corrected chi connectivity index (χ1v) is 6.83. The Balaban J connectivity index is 1.70. The molecule has 2 aromatic carbocycles. The number of rotatable bonds is 2. The Labute approximate surface area is 122 Å². The first-order chi connectivity index (χ1) is 10.3. The smallest absolute Gasteiger partial charge is 0.272 e. The van der Waals surface area contributed by atoms with Crippen molar-refractivity contribution in [2.75, 3.05) is 5.43 Å². The zero-order valence-corrected chi connectivity index (χ0v) is 11.3. The number of pyridine rings is 1. The van der Waals surface area contributed by atoms with E-state index in [1.165, 1.54) is 0 Å². The minimum absolute atomic E-state index is 0.00601. The highest BCUT2D eigenvalue weighted by atomic mass is 16.2. The molecule has 4 nitrogen and oxygen atoms in total. The lowest BCUT2D eigenvalue weighted by Gasteiger charge is -2.19. The van der Waals surface area contributed by atoms with Crippen molar-refractivity contribution >= 4 is 22.5 Å². The minimum Gasteiger partial charge on any atom is -0.295 e. The molecule has 0 fully saturated rings. The Morgan fingerprint density at radius 3 is 2.81 bits per heavy atom. The van der Waals surface area contributed by atoms with Crippen LogP contribution in [0.15, 0.2) is 60.8 Å². The molecule has 3 aromatic rings. The van der Waals surface area contributed by atoms with Gasteiger partial charge in [0.05, 0.1) is 17.7 Å². The normalized spacial score (nSPS) is 13.5. The van der Waals surface area contributed by atoms with E-state index in [0.29, 0.717) is 6.54 Å². The van der Waals surface area contributed by atoms with Crippen LogP contribution < -0.4 is 5.43 Å². The highest BCUT2D eigenvalue weighted by molar-refractivity contribution is 6.00. The predicted octanol–water partition coefficient (Wildman–Crippen LogP) is 3.22. The van der Waals surface area contributed by atoms with Gasteiger partial charge in [0.2, 0.25) is 0 Å². The standard InChI is InChI=1S/C17H13N3O/c21-17-13-6-2-1-5-12(13)11-20(17)19-16-9-3-8-15-14(16)7-4-10-18-15/h1-10,19H,11H2. The van der Waals surface area contributed by atoms with Gasteiger partial charge in [0.1, 0.15) is 0 Å². The van der Waals surface area contributed by atoms with E-state index in [-0.39, 0.29) is 5.91 Å².